The summed E-state index contributed by atoms with van der Waals surface area (Å²) in [5.41, 5.74) is 3.76. The molecule has 2 aromatic heterocycles. The maximum atomic E-state index is 10.7. The summed E-state index contributed by atoms with van der Waals surface area (Å²) < 4.78 is 25.6. The van der Waals surface area contributed by atoms with Gasteiger partial charge in [-0.25, -0.2) is 17.8 Å². The molecule has 0 spiro atoms. The maximum Gasteiger partial charge on any atom is 0.201 e. The Morgan fingerprint density at radius 3 is 2.55 bits per heavy atom. The Balaban J connectivity index is 1.32. The quantitative estimate of drug-likeness (QED) is 0.574. The van der Waals surface area contributed by atoms with Crippen molar-refractivity contribution in [1.82, 2.24) is 29.6 Å². The summed E-state index contributed by atoms with van der Waals surface area (Å²) in [7, 11) is -2.60. The largest absolute Gasteiger partial charge is 0.297 e. The normalized spacial score (nSPS) is 15.8. The van der Waals surface area contributed by atoms with Crippen LogP contribution < -0.4 is 4.72 Å². The fourth-order valence-corrected chi connectivity index (χ4v) is 3.95. The van der Waals surface area contributed by atoms with Gasteiger partial charge in [0.05, 0.1) is 29.8 Å². The van der Waals surface area contributed by atoms with Crippen molar-refractivity contribution in [2.24, 2.45) is 0 Å². The van der Waals surface area contributed by atoms with Crippen molar-refractivity contribution >= 4 is 10.9 Å². The van der Waals surface area contributed by atoms with Crippen LogP contribution in [0.25, 0.3) is 5.69 Å². The molecule has 9 heteroatoms. The molecule has 0 atom stereocenters. The highest BCUT2D eigenvalue weighted by Crippen LogP contribution is 2.27. The van der Waals surface area contributed by atoms with E-state index in [1.807, 2.05) is 54.7 Å². The topological polar surface area (TPSA) is 93.0 Å². The summed E-state index contributed by atoms with van der Waals surface area (Å²) in [6.07, 6.45) is 4.03. The van der Waals surface area contributed by atoms with E-state index in [1.54, 1.807) is 4.68 Å². The van der Waals surface area contributed by atoms with Crippen LogP contribution >= 0.6 is 0 Å². The van der Waals surface area contributed by atoms with E-state index < -0.39 is 10.9 Å². The van der Waals surface area contributed by atoms with Gasteiger partial charge in [-0.1, -0.05) is 29.5 Å². The first-order chi connectivity index (χ1) is 14.2. The molecule has 152 valence electrons. The number of nitrogens with zero attached hydrogens (tertiary/aromatic N) is 5. The van der Waals surface area contributed by atoms with Crippen molar-refractivity contribution in [3.05, 3.63) is 71.8 Å². The standard InChI is InChI=1S/C20H24N6O2S/c27-29(28)21-13-17-5-4-8-20(22-17)16-9-11-25(12-10-16)14-18-15-26(24-23-18)19-6-2-1-3-7-19/h1-8,15-16,29H,9-14H2,(H,21,27,28). The minimum atomic E-state index is -2.60. The summed E-state index contributed by atoms with van der Waals surface area (Å²) in [4.78, 5) is 7.03. The van der Waals surface area contributed by atoms with E-state index in [2.05, 4.69) is 24.9 Å². The molecule has 0 radical (unpaired) electrons. The zero-order valence-corrected chi connectivity index (χ0v) is 16.9. The third-order valence-electron chi connectivity index (χ3n) is 5.17. The third kappa shape index (κ3) is 5.26. The minimum Gasteiger partial charge on any atom is -0.297 e. The number of para-hydroxylation sites is 1. The van der Waals surface area contributed by atoms with Gasteiger partial charge in [-0.05, 0) is 50.2 Å². The van der Waals surface area contributed by atoms with Gasteiger partial charge in [0.25, 0.3) is 0 Å². The second kappa shape index (κ2) is 9.25. The van der Waals surface area contributed by atoms with Crippen LogP contribution in [0.5, 0.6) is 0 Å². The van der Waals surface area contributed by atoms with Crippen molar-refractivity contribution in [2.45, 2.75) is 31.8 Å². The van der Waals surface area contributed by atoms with Crippen LogP contribution in [0.1, 0.15) is 35.8 Å². The van der Waals surface area contributed by atoms with Crippen LogP contribution in [-0.2, 0) is 24.0 Å². The van der Waals surface area contributed by atoms with E-state index in [9.17, 15) is 8.42 Å². The van der Waals surface area contributed by atoms with Crippen LogP contribution in [0, 0.1) is 0 Å². The van der Waals surface area contributed by atoms with Gasteiger partial charge < -0.3 is 0 Å². The van der Waals surface area contributed by atoms with Crippen molar-refractivity contribution < 1.29 is 8.42 Å². The number of hydrogen-bond acceptors (Lipinski definition) is 6. The number of aromatic nitrogens is 4. The lowest BCUT2D eigenvalue weighted by molar-refractivity contribution is 0.201. The Morgan fingerprint density at radius 1 is 1.00 bits per heavy atom. The van der Waals surface area contributed by atoms with Gasteiger partial charge in [0.1, 0.15) is 0 Å². The Hall–Kier alpha value is -2.62. The first-order valence-electron chi connectivity index (χ1n) is 9.70. The number of rotatable bonds is 7. The minimum absolute atomic E-state index is 0.239. The lowest BCUT2D eigenvalue weighted by Crippen LogP contribution is -2.32. The average Bonchev–Trinajstić information content (AvgIpc) is 3.22. The molecule has 1 saturated heterocycles. The summed E-state index contributed by atoms with van der Waals surface area (Å²) in [5, 5.41) is 8.55. The number of nitrogens with one attached hydrogen (secondary N) is 1. The van der Waals surface area contributed by atoms with Crippen molar-refractivity contribution in [1.29, 1.82) is 0 Å². The van der Waals surface area contributed by atoms with Gasteiger partial charge in [-0.3, -0.25) is 9.88 Å². The van der Waals surface area contributed by atoms with Crippen molar-refractivity contribution in [3.63, 3.8) is 0 Å². The van der Waals surface area contributed by atoms with E-state index in [-0.39, 0.29) is 6.54 Å². The first kappa shape index (κ1) is 19.7. The average molecular weight is 413 g/mol. The highest BCUT2D eigenvalue weighted by atomic mass is 32.2. The third-order valence-corrected chi connectivity index (χ3v) is 5.59. The lowest BCUT2D eigenvalue weighted by atomic mass is 9.93. The Bertz CT molecular complexity index is 1000. The smallest absolute Gasteiger partial charge is 0.201 e. The number of hydrogen-bond donors (Lipinski definition) is 2. The molecule has 29 heavy (non-hydrogen) atoms. The predicted molar refractivity (Wildman–Crippen MR) is 110 cm³/mol. The van der Waals surface area contributed by atoms with Crippen LogP contribution in [0.4, 0.5) is 0 Å². The Labute approximate surface area is 171 Å². The van der Waals surface area contributed by atoms with E-state index >= 15 is 0 Å². The van der Waals surface area contributed by atoms with E-state index in [4.69, 9.17) is 0 Å². The molecule has 0 amide bonds. The van der Waals surface area contributed by atoms with Crippen molar-refractivity contribution in [3.8, 4) is 5.69 Å². The zero-order chi connectivity index (χ0) is 20.1. The van der Waals surface area contributed by atoms with Gasteiger partial charge in [-0.15, -0.1) is 5.10 Å². The van der Waals surface area contributed by atoms with Gasteiger partial charge in [-0.2, -0.15) is 0 Å². The molecular weight excluding hydrogens is 388 g/mol. The van der Waals surface area contributed by atoms with Crippen LogP contribution in [-0.4, -0.2) is 46.4 Å². The lowest BCUT2D eigenvalue weighted by Gasteiger charge is -2.31. The molecule has 3 heterocycles. The fourth-order valence-electron chi connectivity index (χ4n) is 3.66. The number of benzene rings is 1. The Kier molecular flexibility index (Phi) is 6.28. The molecule has 1 aliphatic rings. The molecule has 1 N–H and O–H groups in total. The number of pyridine rings is 1. The molecule has 1 fully saturated rings. The van der Waals surface area contributed by atoms with Gasteiger partial charge in [0.15, 0.2) is 0 Å². The molecule has 4 rings (SSSR count). The second-order valence-corrected chi connectivity index (χ2v) is 8.02. The van der Waals surface area contributed by atoms with Crippen LogP contribution in [0.2, 0.25) is 0 Å². The molecule has 8 nitrogen and oxygen atoms in total. The van der Waals surface area contributed by atoms with Gasteiger partial charge in [0, 0.05) is 18.2 Å². The summed E-state index contributed by atoms with van der Waals surface area (Å²) >= 11 is 0. The SMILES string of the molecule is O=[SH](=O)NCc1cccc(C2CCN(Cc3cn(-c4ccccc4)nn3)CC2)n1. The molecule has 1 aliphatic heterocycles. The maximum absolute atomic E-state index is 10.7. The van der Waals surface area contributed by atoms with Gasteiger partial charge >= 0.3 is 0 Å². The molecule has 3 aromatic rings. The number of likely N-dealkylation sites (tertiary alicyclic amines) is 1. The molecular formula is C20H24N6O2S. The fraction of sp³-hybridized carbons (Fsp3) is 0.350. The highest BCUT2D eigenvalue weighted by molar-refractivity contribution is 7.70. The van der Waals surface area contributed by atoms with E-state index in [1.165, 1.54) is 0 Å². The van der Waals surface area contributed by atoms with Crippen LogP contribution in [0.3, 0.4) is 0 Å². The Morgan fingerprint density at radius 2 is 1.79 bits per heavy atom. The predicted octanol–water partition coefficient (Wildman–Crippen LogP) is 1.66. The molecule has 0 aliphatic carbocycles. The van der Waals surface area contributed by atoms with Crippen LogP contribution in [0.15, 0.2) is 54.7 Å². The number of piperidine rings is 1. The first-order valence-corrected chi connectivity index (χ1v) is 10.9. The summed E-state index contributed by atoms with van der Waals surface area (Å²) in [6.45, 7) is 2.97. The number of thiol groups is 1. The van der Waals surface area contributed by atoms with E-state index in [0.717, 1.165) is 55.2 Å². The summed E-state index contributed by atoms with van der Waals surface area (Å²) in [5.74, 6) is 0.396. The molecule has 0 unspecified atom stereocenters. The molecule has 0 saturated carbocycles. The molecule has 1 aromatic carbocycles. The van der Waals surface area contributed by atoms with Gasteiger partial charge in [0.2, 0.25) is 10.9 Å². The second-order valence-electron chi connectivity index (χ2n) is 7.19. The highest BCUT2D eigenvalue weighted by Gasteiger charge is 2.22. The van der Waals surface area contributed by atoms with Crippen molar-refractivity contribution in [2.75, 3.05) is 13.1 Å². The zero-order valence-electron chi connectivity index (χ0n) is 16.0. The summed E-state index contributed by atoms with van der Waals surface area (Å²) in [6, 6.07) is 15.8. The van der Waals surface area contributed by atoms with E-state index in [0.29, 0.717) is 5.92 Å². The monoisotopic (exact) mass is 412 g/mol. The molecule has 0 bridgehead atoms.